The first-order valence-electron chi connectivity index (χ1n) is 12.4. The molecule has 0 radical (unpaired) electrons. The summed E-state index contributed by atoms with van der Waals surface area (Å²) in [6.45, 7) is 1.60. The quantitative estimate of drug-likeness (QED) is 0.390. The minimum Gasteiger partial charge on any atom is -0.455 e. The van der Waals surface area contributed by atoms with Crippen molar-refractivity contribution < 1.29 is 18.4 Å². The van der Waals surface area contributed by atoms with Crippen LogP contribution < -0.4 is 5.32 Å². The molecule has 0 aliphatic carbocycles. The summed E-state index contributed by atoms with van der Waals surface area (Å²) in [5, 5.41) is 3.39. The lowest BCUT2D eigenvalue weighted by Crippen LogP contribution is -2.42. The molecule has 0 saturated carbocycles. The van der Waals surface area contributed by atoms with Crippen LogP contribution in [-0.2, 0) is 11.3 Å². The Hall–Kier alpha value is -3.97. The lowest BCUT2D eigenvalue weighted by Gasteiger charge is -2.26. The summed E-state index contributed by atoms with van der Waals surface area (Å²) in [7, 11) is 5.19. The molecular formula is C30H30FN3O3. The largest absolute Gasteiger partial charge is 0.455 e. The molecule has 2 heterocycles. The zero-order valence-electron chi connectivity index (χ0n) is 21.3. The molecule has 6 nitrogen and oxygen atoms in total. The van der Waals surface area contributed by atoms with Crippen LogP contribution in [0.4, 0.5) is 4.39 Å². The molecule has 3 aromatic carbocycles. The van der Waals surface area contributed by atoms with Crippen LogP contribution in [0, 0.1) is 5.82 Å². The van der Waals surface area contributed by atoms with E-state index in [2.05, 4.69) is 22.3 Å². The van der Waals surface area contributed by atoms with Crippen LogP contribution in [0.25, 0.3) is 33.4 Å². The Morgan fingerprint density at radius 1 is 1.03 bits per heavy atom. The number of nitrogens with zero attached hydrogens (tertiary/aromatic N) is 2. The third kappa shape index (κ3) is 4.87. The van der Waals surface area contributed by atoms with Crippen molar-refractivity contribution in [2.75, 3.05) is 27.7 Å². The third-order valence-electron chi connectivity index (χ3n) is 6.98. The van der Waals surface area contributed by atoms with Crippen LogP contribution in [0.3, 0.4) is 0 Å². The van der Waals surface area contributed by atoms with E-state index >= 15 is 0 Å². The number of furan rings is 1. The lowest BCUT2D eigenvalue weighted by atomic mass is 9.99. The van der Waals surface area contributed by atoms with E-state index in [1.165, 1.54) is 12.1 Å². The summed E-state index contributed by atoms with van der Waals surface area (Å²) >= 11 is 0. The number of fused-ring (bicyclic) bond motifs is 1. The van der Waals surface area contributed by atoms with E-state index in [4.69, 9.17) is 4.42 Å². The predicted octanol–water partition coefficient (Wildman–Crippen LogP) is 5.32. The van der Waals surface area contributed by atoms with E-state index in [0.717, 1.165) is 36.1 Å². The number of likely N-dealkylation sites (tertiary alicyclic amines) is 1. The molecule has 1 aliphatic rings. The molecule has 190 valence electrons. The van der Waals surface area contributed by atoms with Gasteiger partial charge in [-0.2, -0.15) is 0 Å². The number of likely N-dealkylation sites (N-methyl/N-ethyl adjacent to an activating group) is 1. The van der Waals surface area contributed by atoms with Crippen LogP contribution in [0.1, 0.15) is 28.8 Å². The van der Waals surface area contributed by atoms with Gasteiger partial charge in [0.05, 0.1) is 11.6 Å². The maximum atomic E-state index is 13.5. The maximum absolute atomic E-state index is 13.5. The average molecular weight is 500 g/mol. The number of carbonyl (C=O) groups is 2. The summed E-state index contributed by atoms with van der Waals surface area (Å²) in [6, 6.07) is 19.9. The second-order valence-electron chi connectivity index (χ2n) is 9.66. The number of amides is 2. The number of rotatable bonds is 6. The van der Waals surface area contributed by atoms with Gasteiger partial charge in [-0.05, 0) is 78.5 Å². The van der Waals surface area contributed by atoms with Crippen LogP contribution in [0.15, 0.2) is 71.1 Å². The summed E-state index contributed by atoms with van der Waals surface area (Å²) in [5.41, 5.74) is 4.73. The third-order valence-corrected chi connectivity index (χ3v) is 6.98. The summed E-state index contributed by atoms with van der Waals surface area (Å²) in [6.07, 6.45) is 1.90. The summed E-state index contributed by atoms with van der Waals surface area (Å²) in [4.78, 5) is 29.4. The van der Waals surface area contributed by atoms with Gasteiger partial charge in [-0.25, -0.2) is 4.39 Å². The maximum Gasteiger partial charge on any atom is 0.255 e. The first-order chi connectivity index (χ1) is 17.9. The molecule has 4 aromatic rings. The van der Waals surface area contributed by atoms with Crippen molar-refractivity contribution in [2.45, 2.75) is 25.4 Å². The minimum absolute atomic E-state index is 0.0825. The molecule has 7 heteroatoms. The highest BCUT2D eigenvalue weighted by molar-refractivity contribution is 6.11. The predicted molar refractivity (Wildman–Crippen MR) is 143 cm³/mol. The highest BCUT2D eigenvalue weighted by Gasteiger charge is 2.31. The van der Waals surface area contributed by atoms with Crippen molar-refractivity contribution >= 4 is 22.8 Å². The van der Waals surface area contributed by atoms with Crippen LogP contribution in [0.2, 0.25) is 0 Å². The Bertz CT molecular complexity index is 1460. The monoisotopic (exact) mass is 499 g/mol. The van der Waals surface area contributed by atoms with Crippen molar-refractivity contribution in [3.63, 3.8) is 0 Å². The molecule has 1 aliphatic heterocycles. The minimum atomic E-state index is -0.352. The van der Waals surface area contributed by atoms with Gasteiger partial charge in [-0.1, -0.05) is 24.3 Å². The van der Waals surface area contributed by atoms with Crippen molar-refractivity contribution in [2.24, 2.45) is 0 Å². The van der Waals surface area contributed by atoms with Gasteiger partial charge in [0.1, 0.15) is 17.2 Å². The smallest absolute Gasteiger partial charge is 0.255 e. The molecule has 1 unspecified atom stereocenters. The molecule has 1 N–H and O–H groups in total. The molecule has 1 saturated heterocycles. The SMILES string of the molecule is CNC(=O)c1c(-c2ccc(F)cc2)oc2ccc(-c3cccc(CN4CCCC4C(=O)N(C)C)c3)cc12. The Morgan fingerprint density at radius 2 is 1.76 bits per heavy atom. The Kier molecular flexibility index (Phi) is 6.80. The summed E-state index contributed by atoms with van der Waals surface area (Å²) < 4.78 is 19.6. The molecule has 5 rings (SSSR count). The Balaban J connectivity index is 1.50. The molecule has 2 amide bonds. The fraction of sp³-hybridized carbons (Fsp3) is 0.267. The standard InChI is InChI=1S/C30H30FN3O3/c1-32-29(35)27-24-17-22(11-14-26(24)37-28(27)20-9-12-23(31)13-10-20)21-7-4-6-19(16-21)18-34-15-5-8-25(34)30(36)33(2)3/h4,6-7,9-14,16-17,25H,5,8,15,18H2,1-3H3,(H,32,35). The van der Waals surface area contributed by atoms with E-state index in [0.29, 0.717) is 34.4 Å². The van der Waals surface area contributed by atoms with Crippen molar-refractivity contribution in [3.05, 3.63) is 83.7 Å². The van der Waals surface area contributed by atoms with Gasteiger partial charge in [0.2, 0.25) is 5.91 Å². The van der Waals surface area contributed by atoms with Crippen LogP contribution in [-0.4, -0.2) is 55.3 Å². The highest BCUT2D eigenvalue weighted by atomic mass is 19.1. The molecule has 37 heavy (non-hydrogen) atoms. The van der Waals surface area contributed by atoms with Gasteiger partial charge in [-0.3, -0.25) is 14.5 Å². The van der Waals surface area contributed by atoms with E-state index < -0.39 is 0 Å². The number of benzene rings is 3. The molecule has 1 aromatic heterocycles. The van der Waals surface area contributed by atoms with Crippen molar-refractivity contribution in [1.82, 2.24) is 15.1 Å². The first-order valence-corrected chi connectivity index (χ1v) is 12.4. The van der Waals surface area contributed by atoms with Gasteiger partial charge < -0.3 is 14.6 Å². The van der Waals surface area contributed by atoms with E-state index in [1.54, 1.807) is 38.2 Å². The number of nitrogens with one attached hydrogen (secondary N) is 1. The van der Waals surface area contributed by atoms with Gasteiger partial charge in [-0.15, -0.1) is 0 Å². The normalized spacial score (nSPS) is 15.7. The van der Waals surface area contributed by atoms with Crippen LogP contribution >= 0.6 is 0 Å². The molecule has 0 bridgehead atoms. The fourth-order valence-electron chi connectivity index (χ4n) is 5.11. The average Bonchev–Trinajstić information content (AvgIpc) is 3.52. The number of hydrogen-bond acceptors (Lipinski definition) is 4. The van der Waals surface area contributed by atoms with Crippen LogP contribution in [0.5, 0.6) is 0 Å². The molecule has 1 fully saturated rings. The Labute approximate surface area is 215 Å². The van der Waals surface area contributed by atoms with Crippen molar-refractivity contribution in [3.8, 4) is 22.5 Å². The zero-order valence-corrected chi connectivity index (χ0v) is 21.3. The molecule has 1 atom stereocenters. The molecule has 0 spiro atoms. The van der Waals surface area contributed by atoms with Gasteiger partial charge in [0.25, 0.3) is 5.91 Å². The highest BCUT2D eigenvalue weighted by Crippen LogP contribution is 2.36. The summed E-state index contributed by atoms with van der Waals surface area (Å²) in [5.74, 6) is -0.0619. The Morgan fingerprint density at radius 3 is 2.49 bits per heavy atom. The first kappa shape index (κ1) is 24.7. The van der Waals surface area contributed by atoms with E-state index in [1.807, 2.05) is 30.3 Å². The number of halogens is 1. The topological polar surface area (TPSA) is 65.8 Å². The fourth-order valence-corrected chi connectivity index (χ4v) is 5.11. The zero-order chi connectivity index (χ0) is 26.1. The van der Waals surface area contributed by atoms with Gasteiger partial charge in [0.15, 0.2) is 0 Å². The van der Waals surface area contributed by atoms with E-state index in [9.17, 15) is 14.0 Å². The lowest BCUT2D eigenvalue weighted by molar-refractivity contribution is -0.133. The second kappa shape index (κ2) is 10.2. The molecular weight excluding hydrogens is 469 g/mol. The van der Waals surface area contributed by atoms with Gasteiger partial charge >= 0.3 is 0 Å². The number of carbonyl (C=O) groups excluding carboxylic acids is 2. The van der Waals surface area contributed by atoms with E-state index in [-0.39, 0.29) is 23.7 Å². The van der Waals surface area contributed by atoms with Crippen molar-refractivity contribution in [1.29, 1.82) is 0 Å². The second-order valence-corrected chi connectivity index (χ2v) is 9.66. The number of hydrogen-bond donors (Lipinski definition) is 1. The van der Waals surface area contributed by atoms with Gasteiger partial charge in [0, 0.05) is 38.6 Å².